The average molecular weight is 371 g/mol. The highest BCUT2D eigenvalue weighted by atomic mass is 16.6. The summed E-state index contributed by atoms with van der Waals surface area (Å²) in [7, 11) is 0. The highest BCUT2D eigenvalue weighted by molar-refractivity contribution is 5.75. The lowest BCUT2D eigenvalue weighted by Crippen LogP contribution is -2.35. The second kappa shape index (κ2) is 5.34. The molecule has 0 aromatic carbocycles. The molecule has 1 saturated heterocycles. The zero-order chi connectivity index (χ0) is 18.4. The van der Waals surface area contributed by atoms with Gasteiger partial charge in [-0.2, -0.15) is 0 Å². The minimum atomic E-state index is -0.636. The molecule has 5 fully saturated rings. The normalized spacial score (nSPS) is 41.1. The lowest BCUT2D eigenvalue weighted by molar-refractivity contribution is -0.147. The van der Waals surface area contributed by atoms with Crippen molar-refractivity contribution in [1.29, 1.82) is 0 Å². The number of fused-ring (bicyclic) bond motifs is 5. The molecular formula is C21H29N3O3. The molecule has 1 aliphatic heterocycles. The molecule has 1 N–H and O–H groups in total. The summed E-state index contributed by atoms with van der Waals surface area (Å²) >= 11 is 0. The Morgan fingerprint density at radius 3 is 2.63 bits per heavy atom. The Balaban J connectivity index is 1.30. The lowest BCUT2D eigenvalue weighted by atomic mass is 9.73. The van der Waals surface area contributed by atoms with Crippen LogP contribution in [0.4, 0.5) is 0 Å². The van der Waals surface area contributed by atoms with Gasteiger partial charge in [0.25, 0.3) is 0 Å². The molecule has 2 spiro atoms. The third kappa shape index (κ3) is 2.31. The fourth-order valence-corrected chi connectivity index (χ4v) is 7.07. The topological polar surface area (TPSA) is 77.2 Å². The van der Waals surface area contributed by atoms with Crippen molar-refractivity contribution in [3.05, 3.63) is 11.9 Å². The van der Waals surface area contributed by atoms with E-state index in [-0.39, 0.29) is 18.0 Å². The molecule has 6 unspecified atom stereocenters. The van der Waals surface area contributed by atoms with Gasteiger partial charge in [0.05, 0.1) is 24.8 Å². The van der Waals surface area contributed by atoms with E-state index in [1.54, 1.807) is 17.8 Å². The van der Waals surface area contributed by atoms with E-state index in [1.165, 1.54) is 44.9 Å². The zero-order valence-corrected chi connectivity index (χ0v) is 16.0. The molecule has 0 radical (unpaired) electrons. The van der Waals surface area contributed by atoms with Crippen LogP contribution in [-0.4, -0.2) is 32.2 Å². The van der Waals surface area contributed by atoms with Crippen LogP contribution >= 0.6 is 0 Å². The number of carbonyl (C=O) groups is 1. The summed E-state index contributed by atoms with van der Waals surface area (Å²) in [6.45, 7) is 2.21. The second-order valence-electron chi connectivity index (χ2n) is 10.1. The molecule has 146 valence electrons. The van der Waals surface area contributed by atoms with Crippen LogP contribution in [0, 0.1) is 34.5 Å². The van der Waals surface area contributed by atoms with Crippen LogP contribution < -0.4 is 0 Å². The third-order valence-electron chi connectivity index (χ3n) is 8.86. The standard InChI is InChI=1S/C21H29N3O3/c1-12(25)16-11-24(23-22-16)10-14-13-2-4-20(6-7-20)15-3-5-21(8-9-21)17(15)18(13)27-19(14)26/h11-15,17-18,25H,2-10H2,1H3. The molecule has 5 aliphatic rings. The summed E-state index contributed by atoms with van der Waals surface area (Å²) in [5.41, 5.74) is 1.63. The fraction of sp³-hybridized carbons (Fsp3) is 0.857. The van der Waals surface area contributed by atoms with Crippen molar-refractivity contribution in [2.24, 2.45) is 34.5 Å². The Bertz CT molecular complexity index is 779. The maximum atomic E-state index is 12.9. The maximum absolute atomic E-state index is 12.9. The summed E-state index contributed by atoms with van der Waals surface area (Å²) in [6.07, 6.45) is 11.8. The maximum Gasteiger partial charge on any atom is 0.311 e. The van der Waals surface area contributed by atoms with E-state index < -0.39 is 6.10 Å². The molecular weight excluding hydrogens is 342 g/mol. The van der Waals surface area contributed by atoms with Crippen LogP contribution in [-0.2, 0) is 16.1 Å². The van der Waals surface area contributed by atoms with E-state index in [2.05, 4.69) is 10.3 Å². The highest BCUT2D eigenvalue weighted by Gasteiger charge is 2.69. The Morgan fingerprint density at radius 1 is 1.22 bits per heavy atom. The first kappa shape index (κ1) is 16.5. The van der Waals surface area contributed by atoms with Crippen molar-refractivity contribution in [1.82, 2.24) is 15.0 Å². The number of ether oxygens (including phenoxy) is 1. The van der Waals surface area contributed by atoms with Gasteiger partial charge >= 0.3 is 5.97 Å². The van der Waals surface area contributed by atoms with E-state index >= 15 is 0 Å². The first-order chi connectivity index (χ1) is 13.0. The van der Waals surface area contributed by atoms with Gasteiger partial charge in [-0.05, 0) is 75.0 Å². The molecule has 1 aromatic heterocycles. The summed E-state index contributed by atoms with van der Waals surface area (Å²) in [6, 6.07) is 0. The number of nitrogens with zero attached hydrogens (tertiary/aromatic N) is 3. The van der Waals surface area contributed by atoms with E-state index in [9.17, 15) is 9.90 Å². The predicted octanol–water partition coefficient (Wildman–Crippen LogP) is 2.87. The van der Waals surface area contributed by atoms with Crippen molar-refractivity contribution in [3.8, 4) is 0 Å². The number of esters is 1. The van der Waals surface area contributed by atoms with Gasteiger partial charge in [-0.3, -0.25) is 9.48 Å². The Hall–Kier alpha value is -1.43. The summed E-state index contributed by atoms with van der Waals surface area (Å²) < 4.78 is 7.87. The largest absolute Gasteiger partial charge is 0.461 e. The van der Waals surface area contributed by atoms with Crippen molar-refractivity contribution in [2.75, 3.05) is 0 Å². The molecule has 0 amide bonds. The Labute approximate surface area is 159 Å². The quantitative estimate of drug-likeness (QED) is 0.827. The minimum Gasteiger partial charge on any atom is -0.461 e. The number of carbonyl (C=O) groups excluding carboxylic acids is 1. The molecule has 27 heavy (non-hydrogen) atoms. The van der Waals surface area contributed by atoms with Gasteiger partial charge < -0.3 is 9.84 Å². The molecule has 6 heteroatoms. The first-order valence-electron chi connectivity index (χ1n) is 10.8. The van der Waals surface area contributed by atoms with Crippen LogP contribution in [0.2, 0.25) is 0 Å². The van der Waals surface area contributed by atoms with E-state index in [4.69, 9.17) is 4.74 Å². The molecule has 1 aromatic rings. The summed E-state index contributed by atoms with van der Waals surface area (Å²) in [5, 5.41) is 17.9. The van der Waals surface area contributed by atoms with Gasteiger partial charge in [0.1, 0.15) is 11.8 Å². The Morgan fingerprint density at radius 2 is 1.96 bits per heavy atom. The van der Waals surface area contributed by atoms with Crippen molar-refractivity contribution >= 4 is 5.97 Å². The van der Waals surface area contributed by atoms with Crippen LogP contribution in [0.5, 0.6) is 0 Å². The van der Waals surface area contributed by atoms with E-state index in [0.717, 1.165) is 12.3 Å². The number of aliphatic hydroxyl groups excluding tert-OH is 1. The van der Waals surface area contributed by atoms with Gasteiger partial charge in [0.15, 0.2) is 0 Å². The molecule has 2 heterocycles. The van der Waals surface area contributed by atoms with E-state index in [1.807, 2.05) is 0 Å². The molecule has 4 saturated carbocycles. The van der Waals surface area contributed by atoms with Gasteiger partial charge in [-0.15, -0.1) is 5.10 Å². The molecule has 6 atom stereocenters. The number of aliphatic hydroxyl groups is 1. The smallest absolute Gasteiger partial charge is 0.311 e. The monoisotopic (exact) mass is 371 g/mol. The van der Waals surface area contributed by atoms with Crippen molar-refractivity contribution < 1.29 is 14.6 Å². The number of hydrogen-bond donors (Lipinski definition) is 1. The average Bonchev–Trinajstić information content (AvgIpc) is 3.47. The minimum absolute atomic E-state index is 0.0349. The number of aromatic nitrogens is 3. The van der Waals surface area contributed by atoms with Crippen LogP contribution in [0.15, 0.2) is 6.20 Å². The lowest BCUT2D eigenvalue weighted by Gasteiger charge is -2.33. The van der Waals surface area contributed by atoms with Gasteiger partial charge in [0.2, 0.25) is 0 Å². The Kier molecular flexibility index (Phi) is 3.27. The summed E-state index contributed by atoms with van der Waals surface area (Å²) in [5.74, 6) is 1.55. The molecule has 0 bridgehead atoms. The molecule has 4 aliphatic carbocycles. The SMILES string of the molecule is CC(O)c1cn(CC2C(=O)OC3C2CCC2(CC2)C2CCC4(CC4)C32)nn1. The van der Waals surface area contributed by atoms with Crippen LogP contribution in [0.25, 0.3) is 0 Å². The third-order valence-corrected chi connectivity index (χ3v) is 8.86. The van der Waals surface area contributed by atoms with Gasteiger partial charge in [-0.25, -0.2) is 0 Å². The van der Waals surface area contributed by atoms with E-state index in [0.29, 0.717) is 34.9 Å². The van der Waals surface area contributed by atoms with Crippen molar-refractivity contribution in [3.63, 3.8) is 0 Å². The number of rotatable bonds is 3. The zero-order valence-electron chi connectivity index (χ0n) is 16.0. The first-order valence-corrected chi connectivity index (χ1v) is 10.8. The van der Waals surface area contributed by atoms with Crippen molar-refractivity contribution in [2.45, 2.75) is 77.0 Å². The predicted molar refractivity (Wildman–Crippen MR) is 96.3 cm³/mol. The molecule has 6 nitrogen and oxygen atoms in total. The van der Waals surface area contributed by atoms with Gasteiger partial charge in [-0.1, -0.05) is 5.21 Å². The summed E-state index contributed by atoms with van der Waals surface area (Å²) in [4.78, 5) is 12.9. The van der Waals surface area contributed by atoms with Gasteiger partial charge in [0, 0.05) is 11.8 Å². The second-order valence-corrected chi connectivity index (χ2v) is 10.1. The molecule has 6 rings (SSSR count). The number of hydrogen-bond acceptors (Lipinski definition) is 5. The van der Waals surface area contributed by atoms with Crippen LogP contribution in [0.3, 0.4) is 0 Å². The highest BCUT2D eigenvalue weighted by Crippen LogP contribution is 2.75. The fourth-order valence-electron chi connectivity index (χ4n) is 7.07. The van der Waals surface area contributed by atoms with Crippen LogP contribution in [0.1, 0.15) is 70.1 Å².